The largest absolute Gasteiger partial charge is 0.497 e. The number of fused-ring (bicyclic) bond motifs is 1. The van der Waals surface area contributed by atoms with Gasteiger partial charge in [0.25, 0.3) is 11.5 Å². The number of anilines is 2. The van der Waals surface area contributed by atoms with Crippen LogP contribution in [0.4, 0.5) is 11.4 Å². The number of aromatic nitrogens is 1. The van der Waals surface area contributed by atoms with Gasteiger partial charge in [-0.15, -0.1) is 0 Å². The second kappa shape index (κ2) is 11.9. The topological polar surface area (TPSA) is 85.2 Å². The minimum Gasteiger partial charge on any atom is -0.497 e. The van der Waals surface area contributed by atoms with Crippen molar-refractivity contribution in [2.75, 3.05) is 37.5 Å². The van der Waals surface area contributed by atoms with Gasteiger partial charge in [-0.05, 0) is 80.3 Å². The number of thiazole rings is 1. The van der Waals surface area contributed by atoms with Crippen molar-refractivity contribution in [3.8, 4) is 11.5 Å². The fourth-order valence-electron chi connectivity index (χ4n) is 5.90. The van der Waals surface area contributed by atoms with E-state index in [0.29, 0.717) is 43.4 Å². The zero-order valence-corrected chi connectivity index (χ0v) is 25.5. The summed E-state index contributed by atoms with van der Waals surface area (Å²) in [6.45, 7) is 6.07. The number of amides is 1. The van der Waals surface area contributed by atoms with E-state index < -0.39 is 6.04 Å². The maximum Gasteiger partial charge on any atom is 0.271 e. The number of para-hydroxylation sites is 1. The van der Waals surface area contributed by atoms with Crippen LogP contribution in [-0.4, -0.2) is 37.8 Å². The molecule has 0 aliphatic carbocycles. The maximum absolute atomic E-state index is 14.2. The molecule has 0 saturated carbocycles. The molecule has 6 rings (SSSR count). The molecule has 0 unspecified atom stereocenters. The lowest BCUT2D eigenvalue weighted by atomic mass is 9.94. The molecule has 1 saturated heterocycles. The lowest BCUT2D eigenvalue weighted by Crippen LogP contribution is -2.40. The summed E-state index contributed by atoms with van der Waals surface area (Å²) in [7, 11) is 3.15. The minimum absolute atomic E-state index is 0.217. The molecule has 0 bridgehead atoms. The minimum atomic E-state index is -0.762. The van der Waals surface area contributed by atoms with Gasteiger partial charge in [0.2, 0.25) is 0 Å². The summed E-state index contributed by atoms with van der Waals surface area (Å²) in [6, 6.07) is 20.2. The van der Waals surface area contributed by atoms with Gasteiger partial charge in [0.05, 0.1) is 30.0 Å². The molecular formula is C34H34N4O4S. The van der Waals surface area contributed by atoms with Crippen molar-refractivity contribution in [3.05, 3.63) is 114 Å². The Kier molecular flexibility index (Phi) is 7.90. The molecule has 1 amide bonds. The van der Waals surface area contributed by atoms with Crippen molar-refractivity contribution in [2.45, 2.75) is 32.7 Å². The molecule has 4 aromatic rings. The fraction of sp³-hybridized carbons (Fsp3) is 0.265. The van der Waals surface area contributed by atoms with Crippen LogP contribution in [0.5, 0.6) is 11.5 Å². The third-order valence-electron chi connectivity index (χ3n) is 8.00. The molecule has 220 valence electrons. The third-order valence-corrected chi connectivity index (χ3v) is 8.98. The highest BCUT2D eigenvalue weighted by molar-refractivity contribution is 7.07. The van der Waals surface area contributed by atoms with Gasteiger partial charge in [-0.1, -0.05) is 35.6 Å². The first-order valence-electron chi connectivity index (χ1n) is 14.3. The van der Waals surface area contributed by atoms with Gasteiger partial charge in [-0.3, -0.25) is 14.2 Å². The van der Waals surface area contributed by atoms with Gasteiger partial charge in [-0.25, -0.2) is 4.99 Å². The standard InChI is InChI=1S/C34H34N4O4S/c1-21-18-23(12-15-27(21)37-16-8-9-17-37)19-29-33(40)38-31(26-14-13-25(41-3)20-28(26)42-4)30(22(2)35-34(38)43-29)32(39)36-24-10-6-5-7-11-24/h5-7,10-15,18-20,31H,8-9,16-17H2,1-4H3,(H,36,39)/b29-19+/t31-/m1/s1. The summed E-state index contributed by atoms with van der Waals surface area (Å²) in [5.41, 5.74) is 5.37. The normalized spacial score (nSPS) is 16.6. The summed E-state index contributed by atoms with van der Waals surface area (Å²) in [5, 5.41) is 2.99. The highest BCUT2D eigenvalue weighted by Gasteiger charge is 2.34. The number of rotatable bonds is 7. The quantitative estimate of drug-likeness (QED) is 0.332. The van der Waals surface area contributed by atoms with Crippen LogP contribution >= 0.6 is 11.3 Å². The number of nitrogens with zero attached hydrogens (tertiary/aromatic N) is 3. The van der Waals surface area contributed by atoms with Gasteiger partial charge in [0, 0.05) is 36.1 Å². The van der Waals surface area contributed by atoms with Gasteiger partial charge >= 0.3 is 0 Å². The maximum atomic E-state index is 14.2. The smallest absolute Gasteiger partial charge is 0.271 e. The van der Waals surface area contributed by atoms with Crippen LogP contribution in [0.3, 0.4) is 0 Å². The number of hydrogen-bond acceptors (Lipinski definition) is 7. The van der Waals surface area contributed by atoms with E-state index >= 15 is 0 Å². The Labute approximate surface area is 254 Å². The predicted molar refractivity (Wildman–Crippen MR) is 171 cm³/mol. The summed E-state index contributed by atoms with van der Waals surface area (Å²) in [6.07, 6.45) is 4.34. The Balaban J connectivity index is 1.48. The highest BCUT2D eigenvalue weighted by Crippen LogP contribution is 2.37. The van der Waals surface area contributed by atoms with E-state index in [1.165, 1.54) is 35.4 Å². The molecule has 2 aliphatic heterocycles. The zero-order chi connectivity index (χ0) is 30.1. The van der Waals surface area contributed by atoms with E-state index in [4.69, 9.17) is 14.5 Å². The molecule has 9 heteroatoms. The van der Waals surface area contributed by atoms with Gasteiger partial charge in [0.15, 0.2) is 4.80 Å². The molecule has 8 nitrogen and oxygen atoms in total. The zero-order valence-electron chi connectivity index (χ0n) is 24.7. The Morgan fingerprint density at radius 2 is 1.77 bits per heavy atom. The van der Waals surface area contributed by atoms with Crippen LogP contribution in [0, 0.1) is 6.92 Å². The van der Waals surface area contributed by atoms with E-state index in [2.05, 4.69) is 35.3 Å². The van der Waals surface area contributed by atoms with Gasteiger partial charge in [0.1, 0.15) is 17.5 Å². The molecule has 3 aromatic carbocycles. The van der Waals surface area contributed by atoms with Crippen LogP contribution in [0.25, 0.3) is 6.08 Å². The Morgan fingerprint density at radius 3 is 2.47 bits per heavy atom. The van der Waals surface area contributed by atoms with E-state index in [9.17, 15) is 9.59 Å². The van der Waals surface area contributed by atoms with Crippen LogP contribution in [0.15, 0.2) is 87.8 Å². The van der Waals surface area contributed by atoms with Crippen LogP contribution < -0.4 is 34.6 Å². The second-order valence-corrected chi connectivity index (χ2v) is 11.8. The van der Waals surface area contributed by atoms with Crippen LogP contribution in [0.2, 0.25) is 0 Å². The van der Waals surface area contributed by atoms with Crippen molar-refractivity contribution in [1.82, 2.24) is 4.57 Å². The number of benzene rings is 3. The Bertz CT molecular complexity index is 1900. The van der Waals surface area contributed by atoms with E-state index in [1.807, 2.05) is 42.5 Å². The number of ether oxygens (including phenoxy) is 2. The summed E-state index contributed by atoms with van der Waals surface area (Å²) in [4.78, 5) is 35.7. The molecule has 2 aliphatic rings. The van der Waals surface area contributed by atoms with Crippen molar-refractivity contribution >= 4 is 34.7 Å². The fourth-order valence-corrected chi connectivity index (χ4v) is 6.95. The molecule has 3 heterocycles. The highest BCUT2D eigenvalue weighted by atomic mass is 32.1. The van der Waals surface area contributed by atoms with Gasteiger partial charge < -0.3 is 19.7 Å². The lowest BCUT2D eigenvalue weighted by molar-refractivity contribution is -0.113. The predicted octanol–water partition coefficient (Wildman–Crippen LogP) is 4.80. The number of carbonyl (C=O) groups excluding carboxylic acids is 1. The first-order valence-corrected chi connectivity index (χ1v) is 15.2. The Morgan fingerprint density at radius 1 is 1.00 bits per heavy atom. The van der Waals surface area contributed by atoms with Crippen molar-refractivity contribution in [1.29, 1.82) is 0 Å². The van der Waals surface area contributed by atoms with Crippen molar-refractivity contribution in [2.24, 2.45) is 4.99 Å². The summed E-state index contributed by atoms with van der Waals surface area (Å²) >= 11 is 1.32. The lowest BCUT2D eigenvalue weighted by Gasteiger charge is -2.26. The van der Waals surface area contributed by atoms with Gasteiger partial charge in [-0.2, -0.15) is 0 Å². The van der Waals surface area contributed by atoms with E-state index in [-0.39, 0.29) is 11.5 Å². The summed E-state index contributed by atoms with van der Waals surface area (Å²) in [5.74, 6) is 0.779. The number of methoxy groups -OCH3 is 2. The van der Waals surface area contributed by atoms with Crippen LogP contribution in [-0.2, 0) is 4.79 Å². The third kappa shape index (κ3) is 5.48. The van der Waals surface area contributed by atoms with Crippen molar-refractivity contribution in [3.63, 3.8) is 0 Å². The average molecular weight is 595 g/mol. The molecule has 1 N–H and O–H groups in total. The molecule has 1 atom stereocenters. The molecular weight excluding hydrogens is 560 g/mol. The first-order chi connectivity index (χ1) is 20.9. The van der Waals surface area contributed by atoms with Crippen LogP contribution in [0.1, 0.15) is 42.5 Å². The number of nitrogens with one attached hydrogen (secondary N) is 1. The molecule has 43 heavy (non-hydrogen) atoms. The number of allylic oxidation sites excluding steroid dienone is 1. The van der Waals surface area contributed by atoms with E-state index in [0.717, 1.165) is 18.7 Å². The molecule has 0 radical (unpaired) electrons. The Hall–Kier alpha value is -4.63. The number of hydrogen-bond donors (Lipinski definition) is 1. The molecule has 0 spiro atoms. The first kappa shape index (κ1) is 28.5. The summed E-state index contributed by atoms with van der Waals surface area (Å²) < 4.78 is 13.3. The van der Waals surface area contributed by atoms with Crippen molar-refractivity contribution < 1.29 is 14.3 Å². The second-order valence-electron chi connectivity index (χ2n) is 10.7. The number of aryl methyl sites for hydroxylation is 1. The molecule has 1 aromatic heterocycles. The SMILES string of the molecule is COc1ccc([C@@H]2C(C(=O)Nc3ccccc3)=C(C)N=c3s/c(=C/c4ccc(N5CCCC5)c(C)c4)c(=O)n32)c(OC)c1. The number of carbonyl (C=O) groups is 1. The molecule has 1 fully saturated rings. The van der Waals surface area contributed by atoms with E-state index in [1.54, 1.807) is 37.8 Å². The monoisotopic (exact) mass is 594 g/mol. The average Bonchev–Trinajstić information content (AvgIpc) is 3.65.